The van der Waals surface area contributed by atoms with Crippen LogP contribution < -0.4 is 5.32 Å². The van der Waals surface area contributed by atoms with Crippen LogP contribution in [0.15, 0.2) is 67.0 Å². The van der Waals surface area contributed by atoms with Crippen molar-refractivity contribution in [2.24, 2.45) is 0 Å². The Bertz CT molecular complexity index is 1550. The van der Waals surface area contributed by atoms with Gasteiger partial charge in [-0.25, -0.2) is 23.7 Å². The summed E-state index contributed by atoms with van der Waals surface area (Å²) in [6.45, 7) is 3.63. The van der Waals surface area contributed by atoms with E-state index in [-0.39, 0.29) is 17.7 Å². The van der Waals surface area contributed by atoms with Crippen LogP contribution in [-0.2, 0) is 13.0 Å². The zero-order chi connectivity index (χ0) is 25.4. The molecule has 0 spiro atoms. The molecular weight excluding hydrogens is 470 g/mol. The van der Waals surface area contributed by atoms with Gasteiger partial charge >= 0.3 is 0 Å². The van der Waals surface area contributed by atoms with E-state index >= 15 is 0 Å². The number of hydrogen-bond donors (Lipinski definition) is 1. The molecule has 37 heavy (non-hydrogen) atoms. The predicted molar refractivity (Wildman–Crippen MR) is 141 cm³/mol. The topological polar surface area (TPSA) is 60.6 Å². The van der Waals surface area contributed by atoms with Gasteiger partial charge in [-0.15, -0.1) is 0 Å². The fourth-order valence-corrected chi connectivity index (χ4v) is 5.20. The van der Waals surface area contributed by atoms with Gasteiger partial charge in [0.2, 0.25) is 5.95 Å². The highest BCUT2D eigenvalue weighted by Crippen LogP contribution is 2.40. The molecule has 1 aliphatic heterocycles. The lowest BCUT2D eigenvalue weighted by atomic mass is 10.1. The van der Waals surface area contributed by atoms with Gasteiger partial charge in [-0.3, -0.25) is 0 Å². The van der Waals surface area contributed by atoms with Gasteiger partial charge in [0, 0.05) is 37.5 Å². The first-order valence-corrected chi connectivity index (χ1v) is 12.8. The maximum atomic E-state index is 14.0. The quantitative estimate of drug-likeness (QED) is 0.244. The van der Waals surface area contributed by atoms with Gasteiger partial charge in [0.1, 0.15) is 17.5 Å². The molecule has 2 aromatic carbocycles. The second kappa shape index (κ2) is 9.76. The zero-order valence-electron chi connectivity index (χ0n) is 20.7. The number of fused-ring (bicyclic) bond motifs is 2. The lowest BCUT2D eigenvalue weighted by Crippen LogP contribution is -2.14. The minimum atomic E-state index is -0.286. The van der Waals surface area contributed by atoms with Gasteiger partial charge in [-0.1, -0.05) is 13.3 Å². The monoisotopic (exact) mass is 498 g/mol. The molecule has 0 saturated carbocycles. The van der Waals surface area contributed by atoms with Gasteiger partial charge in [-0.2, -0.15) is 0 Å². The number of unbranched alkanes of at least 4 members (excludes halogenated alkanes) is 1. The lowest BCUT2D eigenvalue weighted by Gasteiger charge is -2.19. The number of anilines is 1. The van der Waals surface area contributed by atoms with E-state index in [9.17, 15) is 8.78 Å². The van der Waals surface area contributed by atoms with Crippen molar-refractivity contribution in [2.45, 2.75) is 45.2 Å². The summed E-state index contributed by atoms with van der Waals surface area (Å²) in [7, 11) is 0. The molecule has 6 rings (SSSR count). The fourth-order valence-electron chi connectivity index (χ4n) is 5.20. The van der Waals surface area contributed by atoms with Crippen LogP contribution in [0.25, 0.3) is 33.5 Å². The van der Waals surface area contributed by atoms with Crippen molar-refractivity contribution >= 4 is 16.9 Å². The summed E-state index contributed by atoms with van der Waals surface area (Å²) in [5, 5.41) is 4.32. The average molecular weight is 499 g/mol. The SMILES string of the molecule is CCCCNc1nccc(-c2c(-c3ccc(F)cc3)nc3n2C(Cn2ccc4ccc(F)cc42)CC3)n1. The van der Waals surface area contributed by atoms with E-state index in [4.69, 9.17) is 9.97 Å². The average Bonchev–Trinajstić information content (AvgIpc) is 3.59. The standard InChI is InChI=1S/C29H28F2N6/c1-2-3-14-32-29-33-15-12-24(34-29)28-27(20-5-7-21(30)8-6-20)35-26-11-10-23(37(26)28)18-36-16-13-19-4-9-22(31)17-25(19)36/h4-9,12-13,15-17,23H,2-3,10-11,14,18H2,1H3,(H,32,33,34). The minimum Gasteiger partial charge on any atom is -0.354 e. The van der Waals surface area contributed by atoms with Crippen molar-refractivity contribution in [1.29, 1.82) is 0 Å². The highest BCUT2D eigenvalue weighted by atomic mass is 19.1. The Morgan fingerprint density at radius 3 is 2.68 bits per heavy atom. The van der Waals surface area contributed by atoms with E-state index in [1.165, 1.54) is 18.2 Å². The Morgan fingerprint density at radius 2 is 1.84 bits per heavy atom. The van der Waals surface area contributed by atoms with Gasteiger partial charge in [-0.05, 0) is 72.8 Å². The van der Waals surface area contributed by atoms with Crippen molar-refractivity contribution < 1.29 is 8.78 Å². The minimum absolute atomic E-state index is 0.108. The first kappa shape index (κ1) is 23.3. The highest BCUT2D eigenvalue weighted by molar-refractivity contribution is 5.80. The maximum absolute atomic E-state index is 14.0. The molecule has 8 heteroatoms. The molecular formula is C29H28F2N6. The Hall–Kier alpha value is -4.07. The summed E-state index contributed by atoms with van der Waals surface area (Å²) in [4.78, 5) is 14.3. The van der Waals surface area contributed by atoms with Gasteiger partial charge in [0.15, 0.2) is 0 Å². The number of hydrogen-bond acceptors (Lipinski definition) is 4. The molecule has 6 nitrogen and oxygen atoms in total. The van der Waals surface area contributed by atoms with Crippen molar-refractivity contribution in [3.63, 3.8) is 0 Å². The van der Waals surface area contributed by atoms with Crippen LogP contribution in [0.2, 0.25) is 0 Å². The van der Waals surface area contributed by atoms with Crippen molar-refractivity contribution in [3.8, 4) is 22.6 Å². The second-order valence-electron chi connectivity index (χ2n) is 9.51. The molecule has 188 valence electrons. The summed E-state index contributed by atoms with van der Waals surface area (Å²) >= 11 is 0. The first-order chi connectivity index (χ1) is 18.1. The van der Waals surface area contributed by atoms with Crippen molar-refractivity contribution in [2.75, 3.05) is 11.9 Å². The van der Waals surface area contributed by atoms with E-state index < -0.39 is 0 Å². The number of rotatable bonds is 8. The van der Waals surface area contributed by atoms with Crippen LogP contribution >= 0.6 is 0 Å². The number of benzene rings is 2. The van der Waals surface area contributed by atoms with E-state index in [2.05, 4.69) is 26.4 Å². The summed E-state index contributed by atoms with van der Waals surface area (Å²) in [6.07, 6.45) is 7.62. The molecule has 3 aromatic heterocycles. The van der Waals surface area contributed by atoms with Crippen LogP contribution in [-0.4, -0.2) is 30.6 Å². The van der Waals surface area contributed by atoms with Crippen LogP contribution in [0.4, 0.5) is 14.7 Å². The molecule has 0 fully saturated rings. The Labute approximate surface area is 214 Å². The number of nitrogens with zero attached hydrogens (tertiary/aromatic N) is 5. The lowest BCUT2D eigenvalue weighted by molar-refractivity contribution is 0.459. The van der Waals surface area contributed by atoms with Gasteiger partial charge in [0.05, 0.1) is 28.6 Å². The van der Waals surface area contributed by atoms with E-state index in [1.807, 2.05) is 24.4 Å². The number of halogens is 2. The predicted octanol–water partition coefficient (Wildman–Crippen LogP) is 6.64. The van der Waals surface area contributed by atoms with E-state index in [0.29, 0.717) is 12.5 Å². The molecule has 1 unspecified atom stereocenters. The maximum Gasteiger partial charge on any atom is 0.223 e. The van der Waals surface area contributed by atoms with E-state index in [0.717, 1.165) is 71.6 Å². The summed E-state index contributed by atoms with van der Waals surface area (Å²) in [6, 6.07) is 15.3. The molecule has 5 aromatic rings. The molecule has 0 bridgehead atoms. The molecule has 4 heterocycles. The normalized spacial score (nSPS) is 14.8. The van der Waals surface area contributed by atoms with Gasteiger partial charge < -0.3 is 14.5 Å². The number of aryl methyl sites for hydroxylation is 1. The third-order valence-corrected chi connectivity index (χ3v) is 7.02. The molecule has 0 saturated heterocycles. The summed E-state index contributed by atoms with van der Waals surface area (Å²) < 4.78 is 32.1. The van der Waals surface area contributed by atoms with Gasteiger partial charge in [0.25, 0.3) is 0 Å². The number of nitrogens with one attached hydrogen (secondary N) is 1. The Morgan fingerprint density at radius 1 is 1.00 bits per heavy atom. The highest BCUT2D eigenvalue weighted by Gasteiger charge is 2.31. The summed E-state index contributed by atoms with van der Waals surface area (Å²) in [5.74, 6) is 1.02. The number of aromatic nitrogens is 5. The fraction of sp³-hybridized carbons (Fsp3) is 0.276. The smallest absolute Gasteiger partial charge is 0.223 e. The Kier molecular flexibility index (Phi) is 6.16. The largest absolute Gasteiger partial charge is 0.354 e. The van der Waals surface area contributed by atoms with Crippen LogP contribution in [0, 0.1) is 11.6 Å². The van der Waals surface area contributed by atoms with Crippen molar-refractivity contribution in [1.82, 2.24) is 24.1 Å². The number of imidazole rings is 1. The van der Waals surface area contributed by atoms with E-state index in [1.54, 1.807) is 24.4 Å². The third-order valence-electron chi connectivity index (χ3n) is 7.02. The Balaban J connectivity index is 1.44. The zero-order valence-corrected chi connectivity index (χ0v) is 20.7. The molecule has 0 aliphatic carbocycles. The first-order valence-electron chi connectivity index (χ1n) is 12.8. The van der Waals surface area contributed by atoms with Crippen LogP contribution in [0.1, 0.15) is 38.1 Å². The summed E-state index contributed by atoms with van der Waals surface area (Å²) in [5.41, 5.74) is 4.15. The molecule has 0 radical (unpaired) electrons. The van der Waals surface area contributed by atoms with Crippen LogP contribution in [0.5, 0.6) is 0 Å². The molecule has 0 amide bonds. The molecule has 1 aliphatic rings. The van der Waals surface area contributed by atoms with Crippen molar-refractivity contribution in [3.05, 3.63) is 84.4 Å². The third kappa shape index (κ3) is 4.48. The van der Waals surface area contributed by atoms with Crippen LogP contribution in [0.3, 0.4) is 0 Å². The second-order valence-corrected chi connectivity index (χ2v) is 9.51. The molecule has 1 N–H and O–H groups in total. The molecule has 1 atom stereocenters.